The van der Waals surface area contributed by atoms with Gasteiger partial charge in [0, 0.05) is 32.4 Å². The molecular formula is C19H25N3O3. The Morgan fingerprint density at radius 3 is 2.40 bits per heavy atom. The minimum Gasteiger partial charge on any atom is -0.388 e. The van der Waals surface area contributed by atoms with Gasteiger partial charge in [-0.1, -0.05) is 30.3 Å². The first-order valence-corrected chi connectivity index (χ1v) is 8.68. The monoisotopic (exact) mass is 343 g/mol. The highest BCUT2D eigenvalue weighted by Crippen LogP contribution is 2.30. The quantitative estimate of drug-likeness (QED) is 0.900. The van der Waals surface area contributed by atoms with Crippen LogP contribution in [0.3, 0.4) is 0 Å². The Morgan fingerprint density at radius 2 is 1.76 bits per heavy atom. The summed E-state index contributed by atoms with van der Waals surface area (Å²) in [5.74, 6) is 0.238. The zero-order valence-corrected chi connectivity index (χ0v) is 14.8. The van der Waals surface area contributed by atoms with E-state index in [4.69, 9.17) is 0 Å². The summed E-state index contributed by atoms with van der Waals surface area (Å²) in [4.78, 5) is 26.2. The van der Waals surface area contributed by atoms with Gasteiger partial charge < -0.3 is 9.67 Å². The fourth-order valence-corrected chi connectivity index (χ4v) is 3.58. The van der Waals surface area contributed by atoms with Gasteiger partial charge in [-0.2, -0.15) is 0 Å². The maximum atomic E-state index is 12.3. The molecule has 0 radical (unpaired) electrons. The van der Waals surface area contributed by atoms with Crippen LogP contribution in [-0.2, 0) is 20.6 Å². The van der Waals surface area contributed by atoms with Crippen molar-refractivity contribution in [3.63, 3.8) is 0 Å². The van der Waals surface area contributed by atoms with Gasteiger partial charge in [0.2, 0.25) is 0 Å². The van der Waals surface area contributed by atoms with Crippen LogP contribution in [0.2, 0.25) is 0 Å². The van der Waals surface area contributed by atoms with Gasteiger partial charge in [-0.3, -0.25) is 14.3 Å². The molecule has 1 aliphatic rings. The molecule has 3 rings (SSSR count). The molecule has 1 aromatic heterocycles. The zero-order chi connectivity index (χ0) is 18.0. The normalized spacial score (nSPS) is 17.6. The van der Waals surface area contributed by atoms with E-state index in [0.717, 1.165) is 36.1 Å². The largest absolute Gasteiger partial charge is 0.388 e. The van der Waals surface area contributed by atoms with Gasteiger partial charge in [0.1, 0.15) is 0 Å². The summed E-state index contributed by atoms with van der Waals surface area (Å²) < 4.78 is 2.60. The molecule has 1 fully saturated rings. The van der Waals surface area contributed by atoms with Crippen LogP contribution in [0.25, 0.3) is 0 Å². The molecule has 0 saturated carbocycles. The van der Waals surface area contributed by atoms with E-state index in [1.165, 1.54) is 11.6 Å². The summed E-state index contributed by atoms with van der Waals surface area (Å²) in [6.45, 7) is 2.20. The van der Waals surface area contributed by atoms with Crippen LogP contribution in [0.15, 0.2) is 46.1 Å². The van der Waals surface area contributed by atoms with Gasteiger partial charge in [0.05, 0.1) is 6.10 Å². The number of hydrogen-bond acceptors (Lipinski definition) is 4. The van der Waals surface area contributed by atoms with Gasteiger partial charge in [-0.25, -0.2) is 4.79 Å². The van der Waals surface area contributed by atoms with Crippen molar-refractivity contribution >= 4 is 0 Å². The summed E-state index contributed by atoms with van der Waals surface area (Å²) >= 11 is 0. The maximum absolute atomic E-state index is 12.3. The van der Waals surface area contributed by atoms with Crippen molar-refractivity contribution in [1.29, 1.82) is 0 Å². The van der Waals surface area contributed by atoms with Gasteiger partial charge in [0.25, 0.3) is 5.56 Å². The number of aliphatic hydroxyl groups excluding tert-OH is 1. The van der Waals surface area contributed by atoms with Crippen LogP contribution in [0.5, 0.6) is 0 Å². The van der Waals surface area contributed by atoms with Crippen molar-refractivity contribution in [2.75, 3.05) is 13.1 Å². The average molecular weight is 343 g/mol. The van der Waals surface area contributed by atoms with Gasteiger partial charge in [-0.15, -0.1) is 0 Å². The predicted molar refractivity (Wildman–Crippen MR) is 96.3 cm³/mol. The topological polar surface area (TPSA) is 67.5 Å². The van der Waals surface area contributed by atoms with E-state index in [1.807, 2.05) is 30.3 Å². The lowest BCUT2D eigenvalue weighted by molar-refractivity contribution is 0.0565. The number of nitrogens with zero attached hydrogens (tertiary/aromatic N) is 3. The van der Waals surface area contributed by atoms with E-state index in [9.17, 15) is 14.7 Å². The van der Waals surface area contributed by atoms with E-state index in [-0.39, 0.29) is 17.2 Å². The highest BCUT2D eigenvalue weighted by molar-refractivity contribution is 5.18. The number of aromatic nitrogens is 2. The second kappa shape index (κ2) is 7.37. The number of aliphatic hydroxyl groups is 1. The summed E-state index contributed by atoms with van der Waals surface area (Å²) in [5, 5.41) is 10.6. The molecule has 134 valence electrons. The molecule has 1 saturated heterocycles. The van der Waals surface area contributed by atoms with Crippen LogP contribution in [0, 0.1) is 5.92 Å². The summed E-state index contributed by atoms with van der Waals surface area (Å²) in [7, 11) is 3.17. The van der Waals surface area contributed by atoms with Crippen molar-refractivity contribution in [2.45, 2.75) is 25.5 Å². The SMILES string of the molecule is Cn1cc(CN2CCC([C@H](O)c3ccccc3)CC2)c(=O)n(C)c1=O. The molecule has 6 nitrogen and oxygen atoms in total. The van der Waals surface area contributed by atoms with Crippen molar-refractivity contribution in [2.24, 2.45) is 20.0 Å². The minimum absolute atomic E-state index is 0.227. The van der Waals surface area contributed by atoms with E-state index in [0.29, 0.717) is 12.1 Å². The Kier molecular flexibility index (Phi) is 5.20. The molecule has 6 heteroatoms. The van der Waals surface area contributed by atoms with Crippen LogP contribution >= 0.6 is 0 Å². The lowest BCUT2D eigenvalue weighted by atomic mass is 9.87. The molecule has 1 aromatic carbocycles. The van der Waals surface area contributed by atoms with E-state index < -0.39 is 6.10 Å². The van der Waals surface area contributed by atoms with Gasteiger partial charge in [0.15, 0.2) is 0 Å². The Bertz CT molecular complexity index is 833. The van der Waals surface area contributed by atoms with Crippen molar-refractivity contribution in [3.05, 3.63) is 68.5 Å². The number of benzene rings is 1. The number of piperidine rings is 1. The van der Waals surface area contributed by atoms with Crippen molar-refractivity contribution in [3.8, 4) is 0 Å². The lowest BCUT2D eigenvalue weighted by Crippen LogP contribution is -2.41. The van der Waals surface area contributed by atoms with E-state index in [2.05, 4.69) is 4.90 Å². The molecule has 0 bridgehead atoms. The molecule has 2 heterocycles. The number of hydrogen-bond donors (Lipinski definition) is 1. The molecule has 0 amide bonds. The van der Waals surface area contributed by atoms with Gasteiger partial charge >= 0.3 is 5.69 Å². The second-order valence-corrected chi connectivity index (χ2v) is 6.88. The molecule has 1 N–H and O–H groups in total. The first-order chi connectivity index (χ1) is 12.0. The molecule has 2 aromatic rings. The first-order valence-electron chi connectivity index (χ1n) is 8.68. The minimum atomic E-state index is -0.436. The summed E-state index contributed by atoms with van der Waals surface area (Å²) in [6.07, 6.45) is 2.98. The average Bonchev–Trinajstić information content (AvgIpc) is 2.65. The first kappa shape index (κ1) is 17.6. The third-order valence-electron chi connectivity index (χ3n) is 5.13. The van der Waals surface area contributed by atoms with Crippen LogP contribution in [0.4, 0.5) is 0 Å². The fourth-order valence-electron chi connectivity index (χ4n) is 3.58. The van der Waals surface area contributed by atoms with Crippen LogP contribution in [0.1, 0.15) is 30.1 Å². The third-order valence-corrected chi connectivity index (χ3v) is 5.13. The molecular weight excluding hydrogens is 318 g/mol. The molecule has 1 atom stereocenters. The van der Waals surface area contributed by atoms with Crippen LogP contribution < -0.4 is 11.2 Å². The van der Waals surface area contributed by atoms with Gasteiger partial charge in [-0.05, 0) is 37.4 Å². The highest BCUT2D eigenvalue weighted by Gasteiger charge is 2.26. The standard InChI is InChI=1S/C19H25N3O3/c1-20-12-16(18(24)21(2)19(20)25)13-22-10-8-15(9-11-22)17(23)14-6-4-3-5-7-14/h3-7,12,15,17,23H,8-11,13H2,1-2H3/t17-/m1/s1. The third kappa shape index (κ3) is 3.75. The van der Waals surface area contributed by atoms with Crippen molar-refractivity contribution < 1.29 is 5.11 Å². The summed E-state index contributed by atoms with van der Waals surface area (Å²) in [5.41, 5.74) is 1.06. The Labute approximate surface area is 147 Å². The Hall–Kier alpha value is -2.18. The highest BCUT2D eigenvalue weighted by atomic mass is 16.3. The molecule has 0 spiro atoms. The van der Waals surface area contributed by atoms with Crippen molar-refractivity contribution in [1.82, 2.24) is 14.0 Å². The maximum Gasteiger partial charge on any atom is 0.330 e. The smallest absolute Gasteiger partial charge is 0.330 e. The number of likely N-dealkylation sites (tertiary alicyclic amines) is 1. The van der Waals surface area contributed by atoms with E-state index >= 15 is 0 Å². The second-order valence-electron chi connectivity index (χ2n) is 6.88. The van der Waals surface area contributed by atoms with E-state index in [1.54, 1.807) is 13.2 Å². The molecule has 0 aliphatic carbocycles. The fraction of sp³-hybridized carbons (Fsp3) is 0.474. The number of aryl methyl sites for hydroxylation is 1. The number of rotatable bonds is 4. The molecule has 25 heavy (non-hydrogen) atoms. The molecule has 0 unspecified atom stereocenters. The zero-order valence-electron chi connectivity index (χ0n) is 14.8. The van der Waals surface area contributed by atoms with Crippen LogP contribution in [-0.4, -0.2) is 32.2 Å². The Balaban J connectivity index is 1.64. The summed E-state index contributed by atoms with van der Waals surface area (Å²) in [6, 6.07) is 9.77. The Morgan fingerprint density at radius 1 is 1.12 bits per heavy atom. The lowest BCUT2D eigenvalue weighted by Gasteiger charge is -2.34. The molecule has 1 aliphatic heterocycles. The predicted octanol–water partition coefficient (Wildman–Crippen LogP) is 1.03.